The van der Waals surface area contributed by atoms with E-state index in [1.165, 1.54) is 19.3 Å². The van der Waals surface area contributed by atoms with E-state index in [1.54, 1.807) is 7.11 Å². The smallest absolute Gasteiger partial charge is 0.191 e. The zero-order valence-electron chi connectivity index (χ0n) is 17.3. The van der Waals surface area contributed by atoms with Crippen molar-refractivity contribution in [1.82, 2.24) is 15.5 Å². The van der Waals surface area contributed by atoms with Crippen LogP contribution in [0.1, 0.15) is 51.7 Å². The molecule has 1 aromatic rings. The molecule has 1 aromatic carbocycles. The van der Waals surface area contributed by atoms with Gasteiger partial charge in [-0.05, 0) is 64.4 Å². The van der Waals surface area contributed by atoms with Crippen LogP contribution in [0.2, 0.25) is 0 Å². The van der Waals surface area contributed by atoms with Crippen molar-refractivity contribution in [2.24, 2.45) is 4.99 Å². The molecular formula is C21H36N4O2. The predicted octanol–water partition coefficient (Wildman–Crippen LogP) is 2.55. The summed E-state index contributed by atoms with van der Waals surface area (Å²) in [6.45, 7) is 10.8. The molecule has 1 atom stereocenters. The standard InChI is InChI=1S/C21H36N4O2/c1-5-22-20(24-16-21(2,3)25-13-7-6-8-14-25)23-15-19(26)17-9-11-18(27-4)12-10-17/h9-12,19,26H,5-8,13-16H2,1-4H3,(H2,22,23,24). The Labute approximate surface area is 164 Å². The molecule has 1 aliphatic heterocycles. The van der Waals surface area contributed by atoms with Gasteiger partial charge in [0, 0.05) is 18.6 Å². The Bertz CT molecular complexity index is 580. The second-order valence-corrected chi connectivity index (χ2v) is 7.73. The van der Waals surface area contributed by atoms with Gasteiger partial charge in [-0.15, -0.1) is 0 Å². The van der Waals surface area contributed by atoms with E-state index < -0.39 is 6.10 Å². The first kappa shape index (κ1) is 21.5. The lowest BCUT2D eigenvalue weighted by Gasteiger charge is -2.40. The van der Waals surface area contributed by atoms with Gasteiger partial charge in [-0.3, -0.25) is 9.89 Å². The van der Waals surface area contributed by atoms with Crippen LogP contribution in [0.25, 0.3) is 0 Å². The number of hydrogen-bond donors (Lipinski definition) is 3. The second kappa shape index (κ2) is 10.5. The van der Waals surface area contributed by atoms with E-state index in [4.69, 9.17) is 9.73 Å². The summed E-state index contributed by atoms with van der Waals surface area (Å²) >= 11 is 0. The number of methoxy groups -OCH3 is 1. The number of aliphatic imine (C=N–C) groups is 1. The van der Waals surface area contributed by atoms with Gasteiger partial charge < -0.3 is 20.5 Å². The molecule has 1 unspecified atom stereocenters. The molecule has 0 spiro atoms. The molecule has 6 nitrogen and oxygen atoms in total. The molecule has 1 saturated heterocycles. The lowest BCUT2D eigenvalue weighted by molar-refractivity contribution is 0.102. The van der Waals surface area contributed by atoms with Gasteiger partial charge in [-0.2, -0.15) is 0 Å². The van der Waals surface area contributed by atoms with Crippen molar-refractivity contribution in [2.75, 3.05) is 39.8 Å². The van der Waals surface area contributed by atoms with Crippen molar-refractivity contribution >= 4 is 5.96 Å². The number of hydrogen-bond acceptors (Lipinski definition) is 4. The molecule has 0 radical (unpaired) electrons. The Morgan fingerprint density at radius 2 is 1.85 bits per heavy atom. The molecule has 1 aliphatic rings. The zero-order valence-corrected chi connectivity index (χ0v) is 17.3. The van der Waals surface area contributed by atoms with Gasteiger partial charge in [-0.1, -0.05) is 18.6 Å². The number of nitrogens with zero attached hydrogens (tertiary/aromatic N) is 2. The van der Waals surface area contributed by atoms with Gasteiger partial charge >= 0.3 is 0 Å². The number of aliphatic hydroxyl groups is 1. The maximum absolute atomic E-state index is 10.4. The monoisotopic (exact) mass is 376 g/mol. The molecule has 152 valence electrons. The molecule has 0 aliphatic carbocycles. The Balaban J connectivity index is 1.91. The first-order valence-corrected chi connectivity index (χ1v) is 10.1. The third kappa shape index (κ3) is 6.70. The van der Waals surface area contributed by atoms with E-state index in [-0.39, 0.29) is 5.54 Å². The fourth-order valence-corrected chi connectivity index (χ4v) is 3.35. The van der Waals surface area contributed by atoms with Gasteiger partial charge in [0.1, 0.15) is 5.75 Å². The summed E-state index contributed by atoms with van der Waals surface area (Å²) in [7, 11) is 1.64. The lowest BCUT2D eigenvalue weighted by atomic mass is 9.99. The summed E-state index contributed by atoms with van der Waals surface area (Å²) in [4.78, 5) is 7.31. The van der Waals surface area contributed by atoms with Crippen LogP contribution < -0.4 is 15.4 Å². The van der Waals surface area contributed by atoms with Gasteiger partial charge in [0.2, 0.25) is 0 Å². The van der Waals surface area contributed by atoms with E-state index in [9.17, 15) is 5.11 Å². The molecule has 1 fully saturated rings. The number of aliphatic hydroxyl groups excluding tert-OH is 1. The third-order valence-electron chi connectivity index (χ3n) is 5.14. The molecule has 1 heterocycles. The fourth-order valence-electron chi connectivity index (χ4n) is 3.35. The van der Waals surface area contributed by atoms with Crippen LogP contribution >= 0.6 is 0 Å². The van der Waals surface area contributed by atoms with Crippen molar-refractivity contribution < 1.29 is 9.84 Å². The van der Waals surface area contributed by atoms with Gasteiger partial charge in [0.15, 0.2) is 5.96 Å². The maximum atomic E-state index is 10.4. The average molecular weight is 377 g/mol. The quantitative estimate of drug-likeness (QED) is 0.481. The van der Waals surface area contributed by atoms with Crippen LogP contribution in [0.15, 0.2) is 29.3 Å². The van der Waals surface area contributed by atoms with Crippen molar-refractivity contribution in [1.29, 1.82) is 0 Å². The minimum Gasteiger partial charge on any atom is -0.497 e. The molecule has 0 saturated carbocycles. The lowest BCUT2D eigenvalue weighted by Crippen LogP contribution is -2.49. The zero-order chi connectivity index (χ0) is 19.7. The van der Waals surface area contributed by atoms with E-state index in [0.29, 0.717) is 6.54 Å². The minimum atomic E-state index is -0.602. The molecule has 0 bridgehead atoms. The summed E-state index contributed by atoms with van der Waals surface area (Å²) in [5.41, 5.74) is 0.893. The van der Waals surface area contributed by atoms with Crippen LogP contribution in [-0.4, -0.2) is 61.3 Å². The third-order valence-corrected chi connectivity index (χ3v) is 5.14. The van der Waals surface area contributed by atoms with Crippen LogP contribution in [0.4, 0.5) is 0 Å². The molecule has 2 rings (SSSR count). The Hall–Kier alpha value is -1.79. The summed E-state index contributed by atoms with van der Waals surface area (Å²) < 4.78 is 5.16. The first-order chi connectivity index (χ1) is 13.0. The Kier molecular flexibility index (Phi) is 8.38. The van der Waals surface area contributed by atoms with E-state index in [1.807, 2.05) is 31.2 Å². The summed E-state index contributed by atoms with van der Waals surface area (Å²) in [5, 5.41) is 17.0. The maximum Gasteiger partial charge on any atom is 0.191 e. The number of nitrogens with one attached hydrogen (secondary N) is 2. The topological polar surface area (TPSA) is 69.1 Å². The number of guanidine groups is 1. The Morgan fingerprint density at radius 1 is 1.19 bits per heavy atom. The van der Waals surface area contributed by atoms with Crippen LogP contribution in [-0.2, 0) is 0 Å². The molecule has 0 aromatic heterocycles. The number of ether oxygens (including phenoxy) is 1. The molecule has 6 heteroatoms. The van der Waals surface area contributed by atoms with Crippen molar-refractivity contribution in [2.45, 2.75) is 51.7 Å². The van der Waals surface area contributed by atoms with Crippen molar-refractivity contribution in [3.63, 3.8) is 0 Å². The van der Waals surface area contributed by atoms with Gasteiger partial charge in [0.25, 0.3) is 0 Å². The highest BCUT2D eigenvalue weighted by Gasteiger charge is 2.27. The van der Waals surface area contributed by atoms with Crippen LogP contribution in [0.3, 0.4) is 0 Å². The number of rotatable bonds is 8. The average Bonchev–Trinajstić information content (AvgIpc) is 2.70. The number of benzene rings is 1. The molecule has 0 amide bonds. The summed E-state index contributed by atoms with van der Waals surface area (Å²) in [6.07, 6.45) is 3.29. The minimum absolute atomic E-state index is 0.0391. The number of piperidine rings is 1. The van der Waals surface area contributed by atoms with E-state index >= 15 is 0 Å². The van der Waals surface area contributed by atoms with Crippen LogP contribution in [0.5, 0.6) is 5.75 Å². The first-order valence-electron chi connectivity index (χ1n) is 10.1. The summed E-state index contributed by atoms with van der Waals surface area (Å²) in [5.74, 6) is 1.53. The summed E-state index contributed by atoms with van der Waals surface area (Å²) in [6, 6.07) is 7.49. The highest BCUT2D eigenvalue weighted by Crippen LogP contribution is 2.21. The number of likely N-dealkylation sites (tertiary alicyclic amines) is 1. The van der Waals surface area contributed by atoms with Crippen LogP contribution in [0, 0.1) is 0 Å². The van der Waals surface area contributed by atoms with Crippen molar-refractivity contribution in [3.8, 4) is 5.75 Å². The normalized spacial score (nSPS) is 17.4. The highest BCUT2D eigenvalue weighted by atomic mass is 16.5. The highest BCUT2D eigenvalue weighted by molar-refractivity contribution is 5.79. The largest absolute Gasteiger partial charge is 0.497 e. The fraction of sp³-hybridized carbons (Fsp3) is 0.667. The molecule has 3 N–H and O–H groups in total. The molecular weight excluding hydrogens is 340 g/mol. The SMILES string of the molecule is CCNC(=NCC(C)(C)N1CCCCC1)NCC(O)c1ccc(OC)cc1. The van der Waals surface area contributed by atoms with E-state index in [2.05, 4.69) is 29.4 Å². The van der Waals surface area contributed by atoms with Gasteiger partial charge in [0.05, 0.1) is 19.8 Å². The Morgan fingerprint density at radius 3 is 2.44 bits per heavy atom. The van der Waals surface area contributed by atoms with E-state index in [0.717, 1.165) is 43.5 Å². The van der Waals surface area contributed by atoms with Gasteiger partial charge in [-0.25, -0.2) is 0 Å². The second-order valence-electron chi connectivity index (χ2n) is 7.73. The predicted molar refractivity (Wildman–Crippen MR) is 111 cm³/mol. The van der Waals surface area contributed by atoms with Crippen molar-refractivity contribution in [3.05, 3.63) is 29.8 Å². The molecule has 27 heavy (non-hydrogen) atoms.